The number of aromatic nitrogens is 2. The number of nitrogens with zero attached hydrogens (tertiary/aromatic N) is 2. The highest BCUT2D eigenvalue weighted by molar-refractivity contribution is 5.48. The second-order valence-corrected chi connectivity index (χ2v) is 4.52. The summed E-state index contributed by atoms with van der Waals surface area (Å²) in [6.07, 6.45) is 3.52. The largest absolute Gasteiger partial charge is 0.477 e. The molecule has 0 saturated heterocycles. The first kappa shape index (κ1) is 15.7. The summed E-state index contributed by atoms with van der Waals surface area (Å²) in [4.78, 5) is 8.98. The molecule has 0 atom stereocenters. The monoisotopic (exact) mass is 267 g/mol. The van der Waals surface area contributed by atoms with E-state index in [2.05, 4.69) is 29.1 Å². The van der Waals surface area contributed by atoms with E-state index < -0.39 is 0 Å². The topological polar surface area (TPSA) is 67.3 Å². The molecule has 1 aromatic rings. The van der Waals surface area contributed by atoms with E-state index >= 15 is 0 Å². The molecule has 19 heavy (non-hydrogen) atoms. The van der Waals surface area contributed by atoms with E-state index in [0.717, 1.165) is 43.0 Å². The molecule has 0 aliphatic rings. The number of aliphatic hydroxyl groups is 1. The van der Waals surface area contributed by atoms with Crippen LogP contribution in [0.3, 0.4) is 0 Å². The molecule has 0 saturated carbocycles. The molecule has 1 aromatic heterocycles. The van der Waals surface area contributed by atoms with Crippen LogP contribution in [0.1, 0.15) is 44.5 Å². The molecular weight excluding hydrogens is 242 g/mol. The Hall–Kier alpha value is -1.36. The summed E-state index contributed by atoms with van der Waals surface area (Å²) < 4.78 is 5.63. The zero-order valence-electron chi connectivity index (χ0n) is 12.2. The Balaban J connectivity index is 2.88. The Morgan fingerprint density at radius 2 is 2.00 bits per heavy atom. The first-order valence-corrected chi connectivity index (χ1v) is 7.07. The Morgan fingerprint density at radius 3 is 2.63 bits per heavy atom. The molecule has 0 aromatic carbocycles. The van der Waals surface area contributed by atoms with Crippen LogP contribution >= 0.6 is 0 Å². The number of aryl methyl sites for hydroxylation is 1. The summed E-state index contributed by atoms with van der Waals surface area (Å²) in [5.41, 5.74) is 0.936. The lowest BCUT2D eigenvalue weighted by atomic mass is 10.2. The van der Waals surface area contributed by atoms with Crippen molar-refractivity contribution in [2.75, 3.05) is 25.1 Å². The van der Waals surface area contributed by atoms with Crippen LogP contribution in [0.2, 0.25) is 0 Å². The molecule has 0 bridgehead atoms. The Labute approximate surface area is 115 Å². The first-order valence-electron chi connectivity index (χ1n) is 7.07. The minimum atomic E-state index is 0.132. The lowest BCUT2D eigenvalue weighted by molar-refractivity contribution is 0.228. The van der Waals surface area contributed by atoms with Gasteiger partial charge >= 0.3 is 0 Å². The van der Waals surface area contributed by atoms with Gasteiger partial charge in [0.15, 0.2) is 0 Å². The maximum Gasteiger partial charge on any atom is 0.221 e. The van der Waals surface area contributed by atoms with Crippen LogP contribution in [-0.4, -0.2) is 34.8 Å². The average molecular weight is 267 g/mol. The minimum Gasteiger partial charge on any atom is -0.477 e. The smallest absolute Gasteiger partial charge is 0.221 e. The third kappa shape index (κ3) is 5.03. The fraction of sp³-hybridized carbons (Fsp3) is 0.714. The van der Waals surface area contributed by atoms with Crippen LogP contribution in [0.25, 0.3) is 0 Å². The van der Waals surface area contributed by atoms with E-state index in [-0.39, 0.29) is 6.61 Å². The quantitative estimate of drug-likeness (QED) is 0.672. The van der Waals surface area contributed by atoms with Gasteiger partial charge in [0.25, 0.3) is 0 Å². The van der Waals surface area contributed by atoms with Gasteiger partial charge in [-0.3, -0.25) is 0 Å². The van der Waals surface area contributed by atoms with Crippen LogP contribution in [0.4, 0.5) is 5.82 Å². The minimum absolute atomic E-state index is 0.132. The van der Waals surface area contributed by atoms with Crippen LogP contribution in [-0.2, 0) is 6.42 Å². The van der Waals surface area contributed by atoms with E-state index in [4.69, 9.17) is 9.84 Å². The second-order valence-electron chi connectivity index (χ2n) is 4.52. The summed E-state index contributed by atoms with van der Waals surface area (Å²) in [6, 6.07) is 0. The molecule has 0 fully saturated rings. The Kier molecular flexibility index (Phi) is 7.18. The molecule has 1 heterocycles. The van der Waals surface area contributed by atoms with Crippen LogP contribution < -0.4 is 10.1 Å². The fourth-order valence-electron chi connectivity index (χ4n) is 1.67. The van der Waals surface area contributed by atoms with Crippen molar-refractivity contribution in [1.82, 2.24) is 9.97 Å². The van der Waals surface area contributed by atoms with E-state index in [1.165, 1.54) is 0 Å². The van der Waals surface area contributed by atoms with Crippen molar-refractivity contribution >= 4 is 5.82 Å². The number of nitrogens with one attached hydrogen (secondary N) is 1. The van der Waals surface area contributed by atoms with Gasteiger partial charge in [-0.25, -0.2) is 4.98 Å². The maximum atomic E-state index is 8.80. The third-order valence-corrected chi connectivity index (χ3v) is 2.70. The van der Waals surface area contributed by atoms with Crippen molar-refractivity contribution in [3.8, 4) is 5.88 Å². The molecule has 2 N–H and O–H groups in total. The first-order chi connectivity index (χ1) is 9.22. The zero-order chi connectivity index (χ0) is 14.1. The molecule has 0 radical (unpaired) electrons. The number of hydrogen-bond acceptors (Lipinski definition) is 5. The summed E-state index contributed by atoms with van der Waals surface area (Å²) in [5, 5.41) is 12.1. The molecular formula is C14H25N3O2. The lowest BCUT2D eigenvalue weighted by Crippen LogP contribution is -2.11. The number of hydrogen-bond donors (Lipinski definition) is 2. The maximum absolute atomic E-state index is 8.80. The van der Waals surface area contributed by atoms with Crippen molar-refractivity contribution in [2.24, 2.45) is 0 Å². The Bertz CT molecular complexity index is 383. The predicted molar refractivity (Wildman–Crippen MR) is 76.7 cm³/mol. The normalized spacial score (nSPS) is 10.5. The van der Waals surface area contributed by atoms with E-state index in [1.54, 1.807) is 0 Å². The zero-order valence-corrected chi connectivity index (χ0v) is 12.2. The molecule has 0 aliphatic carbocycles. The molecule has 0 amide bonds. The second kappa shape index (κ2) is 8.69. The number of anilines is 1. The highest BCUT2D eigenvalue weighted by Crippen LogP contribution is 2.22. The standard InChI is InChI=1S/C14H25N3O2/c1-4-7-12-16-13(15-8-5-2)11(3)14(17-12)19-10-6-9-18/h18H,4-10H2,1-3H3,(H,15,16,17). The van der Waals surface area contributed by atoms with Crippen LogP contribution in [0.5, 0.6) is 5.88 Å². The SMILES string of the molecule is CCCNc1nc(CCC)nc(OCCCO)c1C. The average Bonchev–Trinajstić information content (AvgIpc) is 2.41. The van der Waals surface area contributed by atoms with Crippen LogP contribution in [0.15, 0.2) is 0 Å². The van der Waals surface area contributed by atoms with Gasteiger partial charge < -0.3 is 15.2 Å². The fourth-order valence-corrected chi connectivity index (χ4v) is 1.67. The highest BCUT2D eigenvalue weighted by atomic mass is 16.5. The summed E-state index contributed by atoms with van der Waals surface area (Å²) in [7, 11) is 0. The molecule has 0 aliphatic heterocycles. The van der Waals surface area contributed by atoms with E-state index in [0.29, 0.717) is 18.9 Å². The summed E-state index contributed by atoms with van der Waals surface area (Å²) in [5.74, 6) is 2.30. The molecule has 0 unspecified atom stereocenters. The predicted octanol–water partition coefficient (Wildman–Crippen LogP) is 2.32. The molecule has 5 heteroatoms. The molecule has 1 rings (SSSR count). The number of ether oxygens (including phenoxy) is 1. The van der Waals surface area contributed by atoms with Gasteiger partial charge in [-0.05, 0) is 19.8 Å². The molecule has 5 nitrogen and oxygen atoms in total. The van der Waals surface area contributed by atoms with Crippen molar-refractivity contribution in [3.63, 3.8) is 0 Å². The summed E-state index contributed by atoms with van der Waals surface area (Å²) in [6.45, 7) is 7.69. The van der Waals surface area contributed by atoms with Gasteiger partial charge in [-0.15, -0.1) is 0 Å². The van der Waals surface area contributed by atoms with Crippen LogP contribution in [0, 0.1) is 6.92 Å². The summed E-state index contributed by atoms with van der Waals surface area (Å²) >= 11 is 0. The molecule has 108 valence electrons. The van der Waals surface area contributed by atoms with E-state index in [9.17, 15) is 0 Å². The van der Waals surface area contributed by atoms with Crippen molar-refractivity contribution in [3.05, 3.63) is 11.4 Å². The lowest BCUT2D eigenvalue weighted by Gasteiger charge is -2.14. The van der Waals surface area contributed by atoms with E-state index in [1.807, 2.05) is 6.92 Å². The van der Waals surface area contributed by atoms with Crippen molar-refractivity contribution < 1.29 is 9.84 Å². The van der Waals surface area contributed by atoms with Gasteiger partial charge in [-0.2, -0.15) is 4.98 Å². The van der Waals surface area contributed by atoms with Gasteiger partial charge in [0, 0.05) is 26.0 Å². The number of aliphatic hydroxyl groups excluding tert-OH is 1. The highest BCUT2D eigenvalue weighted by Gasteiger charge is 2.11. The third-order valence-electron chi connectivity index (χ3n) is 2.70. The number of rotatable bonds is 9. The Morgan fingerprint density at radius 1 is 1.21 bits per heavy atom. The van der Waals surface area contributed by atoms with Gasteiger partial charge in [-0.1, -0.05) is 13.8 Å². The van der Waals surface area contributed by atoms with Crippen molar-refractivity contribution in [2.45, 2.75) is 46.5 Å². The van der Waals surface area contributed by atoms with Gasteiger partial charge in [0.05, 0.1) is 12.2 Å². The van der Waals surface area contributed by atoms with Crippen molar-refractivity contribution in [1.29, 1.82) is 0 Å². The van der Waals surface area contributed by atoms with Gasteiger partial charge in [0.1, 0.15) is 11.6 Å². The van der Waals surface area contributed by atoms with Gasteiger partial charge in [0.2, 0.25) is 5.88 Å². The molecule has 0 spiro atoms.